The molecule has 0 saturated heterocycles. The number of nitrogens with zero attached hydrogens (tertiary/aromatic N) is 4. The normalized spacial score (nSPS) is 11.1. The average Bonchev–Trinajstić information content (AvgIpc) is 2.84. The molecular formula is C21H25N4O10P. The van der Waals surface area contributed by atoms with Crippen LogP contribution in [0.5, 0.6) is 0 Å². The van der Waals surface area contributed by atoms with E-state index in [0.717, 1.165) is 16.9 Å². The van der Waals surface area contributed by atoms with Crippen LogP contribution in [0.1, 0.15) is 31.8 Å². The Labute approximate surface area is 206 Å². The zero-order chi connectivity index (χ0) is 27.2. The summed E-state index contributed by atoms with van der Waals surface area (Å²) in [6, 6.07) is 7.97. The van der Waals surface area contributed by atoms with Crippen LogP contribution in [-0.4, -0.2) is 66.8 Å². The Bertz CT molecular complexity index is 1140. The van der Waals surface area contributed by atoms with Gasteiger partial charge in [-0.3, -0.25) is 43.4 Å². The van der Waals surface area contributed by atoms with Gasteiger partial charge in [-0.25, -0.2) is 4.57 Å². The molecule has 0 atom stereocenters. The summed E-state index contributed by atoms with van der Waals surface area (Å²) in [5.74, 6) is -1.23. The van der Waals surface area contributed by atoms with Crippen LogP contribution < -0.4 is 0 Å². The van der Waals surface area contributed by atoms with Gasteiger partial charge in [0.25, 0.3) is 23.2 Å². The molecule has 194 valence electrons. The Hall–Kier alpha value is -3.71. The second kappa shape index (κ2) is 11.8. The van der Waals surface area contributed by atoms with Crippen molar-refractivity contribution in [2.24, 2.45) is 0 Å². The summed E-state index contributed by atoms with van der Waals surface area (Å²) >= 11 is 0. The highest BCUT2D eigenvalue weighted by atomic mass is 31.2. The van der Waals surface area contributed by atoms with Gasteiger partial charge in [0.1, 0.15) is 11.1 Å². The Balaban J connectivity index is 2.31. The largest absolute Gasteiger partial charge is 0.475 e. The van der Waals surface area contributed by atoms with Gasteiger partial charge in [-0.1, -0.05) is 12.1 Å². The van der Waals surface area contributed by atoms with E-state index in [0.29, 0.717) is 0 Å². The number of benzene rings is 2. The molecule has 0 aliphatic heterocycles. The third-order valence-corrected chi connectivity index (χ3v) is 6.20. The minimum Gasteiger partial charge on any atom is -0.345 e. The topological polar surface area (TPSA) is 172 Å². The summed E-state index contributed by atoms with van der Waals surface area (Å²) in [7, 11) is 2.35. The number of hydrogen-bond donors (Lipinski definition) is 0. The van der Waals surface area contributed by atoms with Crippen molar-refractivity contribution in [1.82, 2.24) is 9.80 Å². The number of nitro groups is 2. The number of nitro benzene ring substituents is 2. The van der Waals surface area contributed by atoms with E-state index in [9.17, 15) is 34.4 Å². The van der Waals surface area contributed by atoms with Crippen LogP contribution >= 0.6 is 7.82 Å². The van der Waals surface area contributed by atoms with Crippen molar-refractivity contribution < 1.29 is 37.6 Å². The summed E-state index contributed by atoms with van der Waals surface area (Å²) in [6.07, 6.45) is 0. The van der Waals surface area contributed by atoms with Crippen LogP contribution in [0, 0.1) is 20.2 Å². The third-order valence-electron chi connectivity index (χ3n) is 4.86. The molecule has 2 rings (SSSR count). The van der Waals surface area contributed by atoms with Crippen LogP contribution in [0.3, 0.4) is 0 Å². The van der Waals surface area contributed by atoms with E-state index >= 15 is 0 Å². The zero-order valence-electron chi connectivity index (χ0n) is 20.2. The van der Waals surface area contributed by atoms with Gasteiger partial charge in [-0.15, -0.1) is 0 Å². The highest BCUT2D eigenvalue weighted by Gasteiger charge is 2.32. The first-order chi connectivity index (χ1) is 16.8. The number of hydrogen-bond acceptors (Lipinski definition) is 10. The Morgan fingerprint density at radius 2 is 1.17 bits per heavy atom. The quantitative estimate of drug-likeness (QED) is 0.241. The lowest BCUT2D eigenvalue weighted by Crippen LogP contribution is -2.23. The van der Waals surface area contributed by atoms with Gasteiger partial charge in [0, 0.05) is 35.3 Å². The second-order valence-corrected chi connectivity index (χ2v) is 9.49. The molecule has 2 amide bonds. The van der Waals surface area contributed by atoms with Crippen LogP contribution in [0.15, 0.2) is 36.4 Å². The molecule has 0 unspecified atom stereocenters. The fourth-order valence-corrected chi connectivity index (χ4v) is 3.99. The summed E-state index contributed by atoms with van der Waals surface area (Å²) in [6.45, 7) is -1.26. The van der Waals surface area contributed by atoms with Gasteiger partial charge in [-0.05, 0) is 24.3 Å². The number of carbonyl (C=O) groups is 2. The van der Waals surface area contributed by atoms with E-state index in [1.54, 1.807) is 0 Å². The molecule has 2 aromatic rings. The van der Waals surface area contributed by atoms with Crippen molar-refractivity contribution in [3.05, 3.63) is 78.9 Å². The van der Waals surface area contributed by atoms with Crippen molar-refractivity contribution in [2.75, 3.05) is 35.3 Å². The van der Waals surface area contributed by atoms with Crippen LogP contribution in [0.25, 0.3) is 0 Å². The molecule has 15 heteroatoms. The smallest absolute Gasteiger partial charge is 0.345 e. The van der Waals surface area contributed by atoms with E-state index in [1.807, 2.05) is 0 Å². The predicted octanol–water partition coefficient (Wildman–Crippen LogP) is 3.39. The lowest BCUT2D eigenvalue weighted by atomic mass is 10.1. The van der Waals surface area contributed by atoms with Crippen molar-refractivity contribution in [3.63, 3.8) is 0 Å². The molecule has 36 heavy (non-hydrogen) atoms. The van der Waals surface area contributed by atoms with E-state index in [-0.39, 0.29) is 22.3 Å². The Kier molecular flexibility index (Phi) is 9.36. The maximum absolute atomic E-state index is 13.0. The molecule has 0 radical (unpaired) electrons. The van der Waals surface area contributed by atoms with Gasteiger partial charge in [0.05, 0.1) is 34.2 Å². The van der Waals surface area contributed by atoms with Gasteiger partial charge in [0.15, 0.2) is 0 Å². The standard InChI is InChI=1S/C21H25N4O10P/c1-22(2)20(26)16-10-6-8-14(18(16)24(28)29)12-34-36(32,33-5)35-13-15-9-7-11-17(19(15)25(30)31)21(27)23(3)4/h6-11H,12-13H2,1-5H3. The lowest BCUT2D eigenvalue weighted by molar-refractivity contribution is -0.386. The summed E-state index contributed by atoms with van der Waals surface area (Å²) in [5.41, 5.74) is -1.61. The van der Waals surface area contributed by atoms with Crippen LogP contribution in [0.2, 0.25) is 0 Å². The van der Waals surface area contributed by atoms with E-state index in [4.69, 9.17) is 13.6 Å². The average molecular weight is 524 g/mol. The van der Waals surface area contributed by atoms with Crippen molar-refractivity contribution in [2.45, 2.75) is 13.2 Å². The SMILES string of the molecule is COP(=O)(OCc1cccc(C(=O)N(C)C)c1[N+](=O)[O-])OCc1cccc(C(=O)N(C)C)c1[N+](=O)[O-]. The highest BCUT2D eigenvalue weighted by Crippen LogP contribution is 2.51. The molecule has 0 aliphatic carbocycles. The number of para-hydroxylation sites is 2. The van der Waals surface area contributed by atoms with Gasteiger partial charge < -0.3 is 9.80 Å². The maximum atomic E-state index is 13.0. The Morgan fingerprint density at radius 1 is 0.806 bits per heavy atom. The summed E-state index contributed by atoms with van der Waals surface area (Å²) in [4.78, 5) is 48.8. The molecule has 14 nitrogen and oxygen atoms in total. The second-order valence-electron chi connectivity index (χ2n) is 7.72. The molecule has 0 bridgehead atoms. The first-order valence-corrected chi connectivity index (χ1v) is 11.7. The van der Waals surface area contributed by atoms with Crippen molar-refractivity contribution in [1.29, 1.82) is 0 Å². The summed E-state index contributed by atoms with van der Waals surface area (Å²) in [5, 5.41) is 23.3. The third kappa shape index (κ3) is 6.49. The van der Waals surface area contributed by atoms with Gasteiger partial charge in [0.2, 0.25) is 0 Å². The van der Waals surface area contributed by atoms with Crippen LogP contribution in [0.4, 0.5) is 11.4 Å². The molecule has 0 N–H and O–H groups in total. The fraction of sp³-hybridized carbons (Fsp3) is 0.333. The molecule has 0 aliphatic rings. The number of amides is 2. The monoisotopic (exact) mass is 524 g/mol. The maximum Gasteiger partial charge on any atom is 0.475 e. The molecule has 0 fully saturated rings. The molecule has 0 spiro atoms. The van der Waals surface area contributed by atoms with E-state index in [2.05, 4.69) is 0 Å². The number of carbonyl (C=O) groups excluding carboxylic acids is 2. The van der Waals surface area contributed by atoms with E-state index < -0.39 is 54.1 Å². The zero-order valence-corrected chi connectivity index (χ0v) is 21.1. The minimum absolute atomic E-state index is 0.0712. The highest BCUT2D eigenvalue weighted by molar-refractivity contribution is 7.48. The molecule has 0 heterocycles. The lowest BCUT2D eigenvalue weighted by Gasteiger charge is -2.17. The van der Waals surface area contributed by atoms with Crippen molar-refractivity contribution >= 4 is 31.0 Å². The first kappa shape index (κ1) is 28.5. The fourth-order valence-electron chi connectivity index (χ4n) is 3.11. The number of rotatable bonds is 11. The summed E-state index contributed by atoms with van der Waals surface area (Å²) < 4.78 is 28.3. The van der Waals surface area contributed by atoms with Crippen LogP contribution in [-0.2, 0) is 31.4 Å². The van der Waals surface area contributed by atoms with Gasteiger partial charge in [-0.2, -0.15) is 0 Å². The minimum atomic E-state index is -4.38. The molecule has 2 aromatic carbocycles. The van der Waals surface area contributed by atoms with Gasteiger partial charge >= 0.3 is 7.82 Å². The number of phosphoric acid groups is 1. The predicted molar refractivity (Wildman–Crippen MR) is 126 cm³/mol. The number of phosphoric ester groups is 1. The Morgan fingerprint density at radius 3 is 1.44 bits per heavy atom. The first-order valence-electron chi connectivity index (χ1n) is 10.2. The molecule has 0 saturated carbocycles. The molecular weight excluding hydrogens is 499 g/mol. The van der Waals surface area contributed by atoms with Crippen molar-refractivity contribution in [3.8, 4) is 0 Å². The molecule has 0 aromatic heterocycles. The van der Waals surface area contributed by atoms with E-state index in [1.165, 1.54) is 64.6 Å².